The van der Waals surface area contributed by atoms with Gasteiger partial charge < -0.3 is 10.3 Å². The number of rotatable bonds is 8. The molecular weight excluding hydrogens is 232 g/mol. The van der Waals surface area contributed by atoms with Crippen molar-refractivity contribution in [1.29, 1.82) is 0 Å². The van der Waals surface area contributed by atoms with Gasteiger partial charge in [0.25, 0.3) is 0 Å². The molecule has 0 spiro atoms. The van der Waals surface area contributed by atoms with Gasteiger partial charge in [-0.15, -0.1) is 0 Å². The third kappa shape index (κ3) is 3.84. The molecule has 2 aromatic rings. The lowest BCUT2D eigenvalue weighted by Crippen LogP contribution is -2.15. The van der Waals surface area contributed by atoms with Crippen molar-refractivity contribution < 1.29 is 0 Å². The van der Waals surface area contributed by atoms with E-state index in [2.05, 4.69) is 48.4 Å². The van der Waals surface area contributed by atoms with Gasteiger partial charge in [0.05, 0.1) is 0 Å². The monoisotopic (exact) mass is 258 g/mol. The summed E-state index contributed by atoms with van der Waals surface area (Å²) in [6, 6.07) is 8.53. The number of para-hydroxylation sites is 1. The molecule has 2 rings (SSSR count). The van der Waals surface area contributed by atoms with Gasteiger partial charge in [-0.1, -0.05) is 50.8 Å². The van der Waals surface area contributed by atoms with Gasteiger partial charge in [0.2, 0.25) is 0 Å². The number of aromatic amines is 1. The predicted molar refractivity (Wildman–Crippen MR) is 83.5 cm³/mol. The van der Waals surface area contributed by atoms with E-state index in [0.29, 0.717) is 0 Å². The molecule has 1 aromatic carbocycles. The smallest absolute Gasteiger partial charge is 0.0459 e. The van der Waals surface area contributed by atoms with E-state index in [0.717, 1.165) is 13.1 Å². The van der Waals surface area contributed by atoms with E-state index in [9.17, 15) is 0 Å². The van der Waals surface area contributed by atoms with Gasteiger partial charge in [0, 0.05) is 23.1 Å². The second kappa shape index (κ2) is 7.34. The summed E-state index contributed by atoms with van der Waals surface area (Å²) in [5, 5.41) is 4.90. The molecule has 2 N–H and O–H groups in total. The first-order chi connectivity index (χ1) is 9.33. The molecule has 0 unspecified atom stereocenters. The standard InChI is InChI=1S/C17H26N2/c1-3-4-5-6-9-12-18-13-17-14(2)15-10-7-8-11-16(15)19-17/h7-8,10-11,18-19H,3-6,9,12-13H2,1-2H3. The fraction of sp³-hybridized carbons (Fsp3) is 0.529. The minimum Gasteiger partial charge on any atom is -0.357 e. The van der Waals surface area contributed by atoms with Crippen molar-refractivity contribution in [2.45, 2.75) is 52.5 Å². The van der Waals surface area contributed by atoms with Crippen molar-refractivity contribution in [3.05, 3.63) is 35.5 Å². The lowest BCUT2D eigenvalue weighted by Gasteiger charge is -2.04. The van der Waals surface area contributed by atoms with Crippen LogP contribution in [0.2, 0.25) is 0 Å². The Balaban J connectivity index is 1.77. The minimum absolute atomic E-state index is 0.953. The molecule has 2 heteroatoms. The molecule has 0 saturated carbocycles. The van der Waals surface area contributed by atoms with E-state index < -0.39 is 0 Å². The lowest BCUT2D eigenvalue weighted by molar-refractivity contribution is 0.580. The van der Waals surface area contributed by atoms with Gasteiger partial charge in [-0.25, -0.2) is 0 Å². The Kier molecular flexibility index (Phi) is 5.46. The van der Waals surface area contributed by atoms with Gasteiger partial charge in [-0.2, -0.15) is 0 Å². The van der Waals surface area contributed by atoms with Crippen molar-refractivity contribution in [3.8, 4) is 0 Å². The molecule has 1 heterocycles. The summed E-state index contributed by atoms with van der Waals surface area (Å²) >= 11 is 0. The highest BCUT2D eigenvalue weighted by atomic mass is 14.9. The summed E-state index contributed by atoms with van der Waals surface area (Å²) in [5.74, 6) is 0. The van der Waals surface area contributed by atoms with E-state index in [1.165, 1.54) is 54.3 Å². The number of aryl methyl sites for hydroxylation is 1. The highest BCUT2D eigenvalue weighted by Gasteiger charge is 2.05. The van der Waals surface area contributed by atoms with Crippen LogP contribution in [0.1, 0.15) is 50.3 Å². The van der Waals surface area contributed by atoms with Gasteiger partial charge in [-0.05, 0) is 31.5 Å². The third-order valence-electron chi connectivity index (χ3n) is 3.83. The maximum atomic E-state index is 3.55. The molecule has 0 bridgehead atoms. The number of hydrogen-bond donors (Lipinski definition) is 2. The average molecular weight is 258 g/mol. The van der Waals surface area contributed by atoms with Gasteiger partial charge >= 0.3 is 0 Å². The number of fused-ring (bicyclic) bond motifs is 1. The SMILES string of the molecule is CCCCCCCNCc1[nH]c2ccccc2c1C. The summed E-state index contributed by atoms with van der Waals surface area (Å²) < 4.78 is 0. The number of benzene rings is 1. The van der Waals surface area contributed by atoms with Crippen LogP contribution in [0.15, 0.2) is 24.3 Å². The molecule has 2 nitrogen and oxygen atoms in total. The summed E-state index contributed by atoms with van der Waals surface area (Å²) in [5.41, 5.74) is 3.96. The molecule has 19 heavy (non-hydrogen) atoms. The van der Waals surface area contributed by atoms with Crippen LogP contribution in [-0.4, -0.2) is 11.5 Å². The molecule has 0 fully saturated rings. The largest absolute Gasteiger partial charge is 0.357 e. The van der Waals surface area contributed by atoms with Crippen LogP contribution in [0.25, 0.3) is 10.9 Å². The number of H-pyrrole nitrogens is 1. The third-order valence-corrected chi connectivity index (χ3v) is 3.83. The maximum Gasteiger partial charge on any atom is 0.0459 e. The number of hydrogen-bond acceptors (Lipinski definition) is 1. The van der Waals surface area contributed by atoms with Crippen LogP contribution in [-0.2, 0) is 6.54 Å². The summed E-state index contributed by atoms with van der Waals surface area (Å²) in [4.78, 5) is 3.51. The quantitative estimate of drug-likeness (QED) is 0.669. The number of aromatic nitrogens is 1. The normalized spacial score (nSPS) is 11.3. The number of unbranched alkanes of at least 4 members (excludes halogenated alkanes) is 4. The first-order valence-corrected chi connectivity index (χ1v) is 7.60. The van der Waals surface area contributed by atoms with Crippen molar-refractivity contribution in [2.75, 3.05) is 6.54 Å². The van der Waals surface area contributed by atoms with Gasteiger partial charge in [-0.3, -0.25) is 0 Å². The zero-order valence-corrected chi connectivity index (χ0v) is 12.3. The van der Waals surface area contributed by atoms with E-state index in [1.54, 1.807) is 0 Å². The van der Waals surface area contributed by atoms with Crippen molar-refractivity contribution in [1.82, 2.24) is 10.3 Å². The summed E-state index contributed by atoms with van der Waals surface area (Å²) in [6.07, 6.45) is 6.72. The Bertz CT molecular complexity index is 499. The average Bonchev–Trinajstić information content (AvgIpc) is 2.75. The van der Waals surface area contributed by atoms with E-state index in [4.69, 9.17) is 0 Å². The highest BCUT2D eigenvalue weighted by Crippen LogP contribution is 2.20. The topological polar surface area (TPSA) is 27.8 Å². The predicted octanol–water partition coefficient (Wildman–Crippen LogP) is 4.54. The molecule has 0 atom stereocenters. The van der Waals surface area contributed by atoms with Crippen LogP contribution in [0.3, 0.4) is 0 Å². The molecule has 0 amide bonds. The van der Waals surface area contributed by atoms with E-state index in [1.807, 2.05) is 0 Å². The zero-order chi connectivity index (χ0) is 13.5. The van der Waals surface area contributed by atoms with Crippen LogP contribution >= 0.6 is 0 Å². The Morgan fingerprint density at radius 1 is 1.05 bits per heavy atom. The summed E-state index contributed by atoms with van der Waals surface area (Å²) in [6.45, 7) is 6.54. The van der Waals surface area contributed by atoms with Gasteiger partial charge in [0.15, 0.2) is 0 Å². The first kappa shape index (κ1) is 14.1. The Morgan fingerprint density at radius 3 is 2.63 bits per heavy atom. The van der Waals surface area contributed by atoms with Crippen molar-refractivity contribution in [2.24, 2.45) is 0 Å². The fourth-order valence-electron chi connectivity index (χ4n) is 2.58. The Labute approximate surface area is 116 Å². The molecule has 0 aliphatic heterocycles. The van der Waals surface area contributed by atoms with Crippen molar-refractivity contribution in [3.63, 3.8) is 0 Å². The molecule has 0 saturated heterocycles. The highest BCUT2D eigenvalue weighted by molar-refractivity contribution is 5.84. The maximum absolute atomic E-state index is 3.55. The second-order valence-electron chi connectivity index (χ2n) is 5.37. The number of nitrogens with one attached hydrogen (secondary N) is 2. The van der Waals surface area contributed by atoms with Crippen LogP contribution in [0.4, 0.5) is 0 Å². The zero-order valence-electron chi connectivity index (χ0n) is 12.3. The fourth-order valence-corrected chi connectivity index (χ4v) is 2.58. The second-order valence-corrected chi connectivity index (χ2v) is 5.37. The molecule has 104 valence electrons. The van der Waals surface area contributed by atoms with E-state index in [-0.39, 0.29) is 0 Å². The minimum atomic E-state index is 0.953. The Morgan fingerprint density at radius 2 is 1.84 bits per heavy atom. The van der Waals surface area contributed by atoms with Crippen LogP contribution in [0.5, 0.6) is 0 Å². The van der Waals surface area contributed by atoms with E-state index >= 15 is 0 Å². The lowest BCUT2D eigenvalue weighted by atomic mass is 10.1. The Hall–Kier alpha value is -1.28. The molecule has 0 aliphatic rings. The first-order valence-electron chi connectivity index (χ1n) is 7.60. The van der Waals surface area contributed by atoms with Crippen LogP contribution in [0, 0.1) is 6.92 Å². The van der Waals surface area contributed by atoms with Crippen molar-refractivity contribution >= 4 is 10.9 Å². The molecule has 0 aliphatic carbocycles. The molecule has 1 aromatic heterocycles. The van der Waals surface area contributed by atoms with Gasteiger partial charge in [0.1, 0.15) is 0 Å². The molecule has 0 radical (unpaired) electrons. The molecular formula is C17H26N2. The van der Waals surface area contributed by atoms with Crippen LogP contribution < -0.4 is 5.32 Å². The summed E-state index contributed by atoms with van der Waals surface area (Å²) in [7, 11) is 0.